The van der Waals surface area contributed by atoms with Crippen LogP contribution in [-0.2, 0) is 29.3 Å². The van der Waals surface area contributed by atoms with Gasteiger partial charge in [-0.1, -0.05) is 37.3 Å². The summed E-state index contributed by atoms with van der Waals surface area (Å²) in [5, 5.41) is 1.07. The molecule has 2 aromatic rings. The fourth-order valence-corrected chi connectivity index (χ4v) is 7.55. The van der Waals surface area contributed by atoms with E-state index in [9.17, 15) is 8.42 Å². The lowest BCUT2D eigenvalue weighted by atomic mass is 9.88. The maximum absolute atomic E-state index is 13.6. The topological polar surface area (TPSA) is 50.3 Å². The first kappa shape index (κ1) is 19.6. The third kappa shape index (κ3) is 3.30. The highest BCUT2D eigenvalue weighted by atomic mass is 32.2. The number of sulfonamides is 1. The Morgan fingerprint density at radius 3 is 2.25 bits per heavy atom. The van der Waals surface area contributed by atoms with Gasteiger partial charge in [0.1, 0.15) is 8.07 Å². The average molecular weight is 415 g/mol. The van der Waals surface area contributed by atoms with Crippen LogP contribution < -0.4 is 9.62 Å². The lowest BCUT2D eigenvalue weighted by molar-refractivity contribution is 0.585. The first-order valence-electron chi connectivity index (χ1n) is 10.3. The van der Waals surface area contributed by atoms with E-state index in [1.54, 1.807) is 16.4 Å². The Kier molecular flexibility index (Phi) is 4.90. The minimum Gasteiger partial charge on any atom is -0.265 e. The maximum Gasteiger partial charge on any atom is 0.264 e. The van der Waals surface area contributed by atoms with Gasteiger partial charge in [-0.15, -0.1) is 0 Å². The summed E-state index contributed by atoms with van der Waals surface area (Å²) in [5.41, 5.74) is 5.83. The molecular weight excluding hydrogens is 384 g/mol. The molecule has 1 aliphatic heterocycles. The van der Waals surface area contributed by atoms with E-state index in [0.717, 1.165) is 42.3 Å². The van der Waals surface area contributed by atoms with E-state index >= 15 is 0 Å². The van der Waals surface area contributed by atoms with E-state index in [1.165, 1.54) is 29.7 Å². The Labute approximate surface area is 170 Å². The van der Waals surface area contributed by atoms with Crippen molar-refractivity contribution in [3.8, 4) is 0 Å². The summed E-state index contributed by atoms with van der Waals surface area (Å²) in [5.74, 6) is 0. The number of aryl methyl sites for hydroxylation is 2. The van der Waals surface area contributed by atoms with Crippen LogP contribution in [0.1, 0.15) is 41.6 Å². The number of hydrogen-bond acceptors (Lipinski definition) is 3. The van der Waals surface area contributed by atoms with Crippen LogP contribution in [-0.4, -0.2) is 28.0 Å². The van der Waals surface area contributed by atoms with Gasteiger partial charge in [0.15, 0.2) is 0 Å². The number of fused-ring (bicyclic) bond motifs is 3. The molecule has 6 heteroatoms. The Balaban J connectivity index is 1.94. The molecule has 0 unspecified atom stereocenters. The molecule has 0 fully saturated rings. The largest absolute Gasteiger partial charge is 0.265 e. The molecule has 0 saturated heterocycles. The Bertz CT molecular complexity index is 1010. The molecule has 0 N–H and O–H groups in total. The Morgan fingerprint density at radius 1 is 0.929 bits per heavy atom. The van der Waals surface area contributed by atoms with Gasteiger partial charge in [-0.3, -0.25) is 9.29 Å². The number of benzene rings is 1. The molecule has 1 aromatic carbocycles. The Morgan fingerprint density at radius 2 is 1.57 bits per heavy atom. The zero-order chi connectivity index (χ0) is 20.1. The molecule has 1 aliphatic carbocycles. The third-order valence-electron chi connectivity index (χ3n) is 5.92. The molecule has 4 rings (SSSR count). The highest BCUT2D eigenvalue weighted by Gasteiger charge is 2.37. The van der Waals surface area contributed by atoms with Gasteiger partial charge in [-0.05, 0) is 68.7 Å². The molecule has 0 atom stereocenters. The first-order valence-corrected chi connectivity index (χ1v) is 15.3. The second-order valence-corrected chi connectivity index (χ2v) is 16.0. The van der Waals surface area contributed by atoms with Gasteiger partial charge in [-0.25, -0.2) is 8.42 Å². The zero-order valence-corrected chi connectivity index (χ0v) is 19.2. The van der Waals surface area contributed by atoms with Gasteiger partial charge in [0.25, 0.3) is 10.0 Å². The summed E-state index contributed by atoms with van der Waals surface area (Å²) < 4.78 is 28.9. The van der Waals surface area contributed by atoms with Crippen LogP contribution in [0.3, 0.4) is 0 Å². The van der Waals surface area contributed by atoms with Crippen LogP contribution in [0.25, 0.3) is 0 Å². The van der Waals surface area contributed by atoms with Crippen molar-refractivity contribution in [1.82, 2.24) is 4.98 Å². The van der Waals surface area contributed by atoms with Crippen molar-refractivity contribution in [3.63, 3.8) is 0 Å². The molecule has 4 nitrogen and oxygen atoms in total. The predicted octanol–water partition coefficient (Wildman–Crippen LogP) is 3.96. The van der Waals surface area contributed by atoms with Gasteiger partial charge in [0.2, 0.25) is 0 Å². The second-order valence-electron chi connectivity index (χ2n) is 9.16. The number of nitrogens with zero attached hydrogens (tertiary/aromatic N) is 2. The monoisotopic (exact) mass is 414 g/mol. The zero-order valence-electron chi connectivity index (χ0n) is 17.4. The second kappa shape index (κ2) is 6.99. The van der Waals surface area contributed by atoms with Crippen LogP contribution in [0, 0.1) is 6.92 Å². The quantitative estimate of drug-likeness (QED) is 0.715. The van der Waals surface area contributed by atoms with Crippen molar-refractivity contribution in [2.24, 2.45) is 0 Å². The third-order valence-corrected chi connectivity index (χ3v) is 9.50. The molecule has 1 aromatic heterocycles. The van der Waals surface area contributed by atoms with Crippen molar-refractivity contribution in [3.05, 3.63) is 46.6 Å². The van der Waals surface area contributed by atoms with Gasteiger partial charge < -0.3 is 0 Å². The van der Waals surface area contributed by atoms with Crippen LogP contribution in [0.5, 0.6) is 0 Å². The van der Waals surface area contributed by atoms with Gasteiger partial charge in [0.05, 0.1) is 10.6 Å². The highest BCUT2D eigenvalue weighted by Crippen LogP contribution is 2.37. The molecule has 2 heterocycles. The first-order chi connectivity index (χ1) is 13.2. The number of pyridine rings is 1. The van der Waals surface area contributed by atoms with Crippen LogP contribution >= 0.6 is 0 Å². The van der Waals surface area contributed by atoms with Crippen LogP contribution in [0.2, 0.25) is 19.6 Å². The van der Waals surface area contributed by atoms with Crippen LogP contribution in [0.4, 0.5) is 5.69 Å². The lowest BCUT2D eigenvalue weighted by Gasteiger charge is -2.37. The SMILES string of the molecule is Cc1ccc(S(=O)(=O)N2CCCc3c4c(nc([Si](C)(C)C)c32)CCCC4)cc1. The van der Waals surface area contributed by atoms with Gasteiger partial charge in [-0.2, -0.15) is 0 Å². The summed E-state index contributed by atoms with van der Waals surface area (Å²) >= 11 is 0. The summed E-state index contributed by atoms with van der Waals surface area (Å²) in [6, 6.07) is 7.22. The molecule has 0 saturated carbocycles. The van der Waals surface area contributed by atoms with Crippen molar-refractivity contribution < 1.29 is 8.42 Å². The van der Waals surface area contributed by atoms with Crippen molar-refractivity contribution >= 4 is 29.1 Å². The molecule has 0 amide bonds. The predicted molar refractivity (Wildman–Crippen MR) is 118 cm³/mol. The fourth-order valence-electron chi connectivity index (χ4n) is 4.46. The summed E-state index contributed by atoms with van der Waals surface area (Å²) in [6.07, 6.45) is 6.28. The van der Waals surface area contributed by atoms with Crippen molar-refractivity contribution in [2.75, 3.05) is 10.8 Å². The lowest BCUT2D eigenvalue weighted by Crippen LogP contribution is -2.49. The molecular formula is C22H30N2O2SSi. The summed E-state index contributed by atoms with van der Waals surface area (Å²) in [6.45, 7) is 9.34. The number of hydrogen-bond donors (Lipinski definition) is 0. The highest BCUT2D eigenvalue weighted by molar-refractivity contribution is 7.92. The van der Waals surface area contributed by atoms with Crippen LogP contribution in [0.15, 0.2) is 29.2 Å². The summed E-state index contributed by atoms with van der Waals surface area (Å²) in [7, 11) is -5.41. The van der Waals surface area contributed by atoms with Gasteiger partial charge in [0, 0.05) is 17.6 Å². The van der Waals surface area contributed by atoms with E-state index in [0.29, 0.717) is 11.4 Å². The fraction of sp³-hybridized carbons (Fsp3) is 0.500. The minimum atomic E-state index is -3.59. The smallest absolute Gasteiger partial charge is 0.264 e. The Hall–Kier alpha value is -1.66. The molecule has 28 heavy (non-hydrogen) atoms. The molecule has 0 radical (unpaired) electrons. The number of anilines is 1. The van der Waals surface area contributed by atoms with E-state index < -0.39 is 18.1 Å². The van der Waals surface area contributed by atoms with Crippen molar-refractivity contribution in [1.29, 1.82) is 0 Å². The molecule has 2 aliphatic rings. The molecule has 0 bridgehead atoms. The average Bonchev–Trinajstić information content (AvgIpc) is 2.66. The molecule has 150 valence electrons. The normalized spacial score (nSPS) is 17.2. The van der Waals surface area contributed by atoms with E-state index in [2.05, 4.69) is 19.6 Å². The molecule has 0 spiro atoms. The van der Waals surface area contributed by atoms with Gasteiger partial charge >= 0.3 is 0 Å². The van der Waals surface area contributed by atoms with E-state index in [-0.39, 0.29) is 0 Å². The van der Waals surface area contributed by atoms with E-state index in [4.69, 9.17) is 4.98 Å². The maximum atomic E-state index is 13.6. The van der Waals surface area contributed by atoms with E-state index in [1.807, 2.05) is 19.1 Å². The summed E-state index contributed by atoms with van der Waals surface area (Å²) in [4.78, 5) is 5.50. The number of rotatable bonds is 3. The standard InChI is InChI=1S/C22H30N2O2SSi/c1-16-11-13-17(14-12-16)27(25,26)24-15-7-9-19-18-8-5-6-10-20(18)23-22(21(19)24)28(2,3)4/h11-14H,5-10,15H2,1-4H3. The number of aromatic nitrogens is 1. The van der Waals surface area contributed by atoms with Crippen molar-refractivity contribution in [2.45, 2.75) is 70.0 Å². The minimum absolute atomic E-state index is 0.380.